The maximum absolute atomic E-state index is 5.51. The molecule has 11 heavy (non-hydrogen) atoms. The van der Waals surface area contributed by atoms with E-state index in [0.29, 0.717) is 6.10 Å². The van der Waals surface area contributed by atoms with Crippen molar-refractivity contribution in [2.24, 2.45) is 0 Å². The molecule has 1 aliphatic heterocycles. The van der Waals surface area contributed by atoms with Crippen molar-refractivity contribution in [3.63, 3.8) is 0 Å². The third-order valence-electron chi connectivity index (χ3n) is 1.73. The largest absolute Gasteiger partial charge is 0.352 e. The van der Waals surface area contributed by atoms with Crippen molar-refractivity contribution in [1.29, 1.82) is 0 Å². The molecule has 2 nitrogen and oxygen atoms in total. The van der Waals surface area contributed by atoms with E-state index in [1.807, 2.05) is 6.92 Å². The minimum atomic E-state index is -0.0451. The molecule has 0 bridgehead atoms. The summed E-state index contributed by atoms with van der Waals surface area (Å²) in [6, 6.07) is 0. The fraction of sp³-hybridized carbons (Fsp3) is 0.778. The lowest BCUT2D eigenvalue weighted by Crippen LogP contribution is -2.30. The third-order valence-corrected chi connectivity index (χ3v) is 1.73. The predicted octanol–water partition coefficient (Wildman–Crippen LogP) is 2.10. The van der Waals surface area contributed by atoms with Crippen molar-refractivity contribution < 1.29 is 9.47 Å². The highest BCUT2D eigenvalue weighted by atomic mass is 16.7. The van der Waals surface area contributed by atoms with Crippen LogP contribution in [0.3, 0.4) is 0 Å². The van der Waals surface area contributed by atoms with Gasteiger partial charge in [-0.1, -0.05) is 12.2 Å². The zero-order chi connectivity index (χ0) is 8.27. The average Bonchev–Trinajstić information content (AvgIpc) is 1.85. The maximum Gasteiger partial charge on any atom is 0.161 e. The first-order valence-electron chi connectivity index (χ1n) is 4.10. The molecule has 0 saturated carbocycles. The Hall–Kier alpha value is -0.340. The number of ether oxygens (including phenoxy) is 2. The highest BCUT2D eigenvalue weighted by molar-refractivity contribution is 4.89. The Morgan fingerprint density at radius 2 is 2.36 bits per heavy atom. The molecule has 0 aliphatic carbocycles. The van der Waals surface area contributed by atoms with Gasteiger partial charge in [-0.25, -0.2) is 0 Å². The van der Waals surface area contributed by atoms with Crippen molar-refractivity contribution in [2.45, 2.75) is 39.1 Å². The van der Waals surface area contributed by atoms with E-state index in [1.165, 1.54) is 0 Å². The van der Waals surface area contributed by atoms with Crippen LogP contribution in [-0.4, -0.2) is 19.0 Å². The Balaban J connectivity index is 2.28. The smallest absolute Gasteiger partial charge is 0.161 e. The second-order valence-corrected chi connectivity index (χ2v) is 3.20. The van der Waals surface area contributed by atoms with Crippen LogP contribution < -0.4 is 0 Å². The molecule has 2 atom stereocenters. The summed E-state index contributed by atoms with van der Waals surface area (Å²) in [5, 5.41) is 0. The monoisotopic (exact) mass is 156 g/mol. The van der Waals surface area contributed by atoms with E-state index in [0.717, 1.165) is 25.0 Å². The summed E-state index contributed by atoms with van der Waals surface area (Å²) in [4.78, 5) is 0. The van der Waals surface area contributed by atoms with Gasteiger partial charge in [0.15, 0.2) is 6.29 Å². The molecule has 0 aromatic heterocycles. The number of hydrogen-bond acceptors (Lipinski definition) is 2. The van der Waals surface area contributed by atoms with E-state index < -0.39 is 0 Å². The van der Waals surface area contributed by atoms with Gasteiger partial charge in [-0.3, -0.25) is 0 Å². The summed E-state index contributed by atoms with van der Waals surface area (Å²) in [5.41, 5.74) is 1.11. The van der Waals surface area contributed by atoms with Crippen LogP contribution in [0.2, 0.25) is 0 Å². The Morgan fingerprint density at radius 3 is 2.91 bits per heavy atom. The van der Waals surface area contributed by atoms with Crippen LogP contribution in [0.25, 0.3) is 0 Å². The molecule has 1 rings (SSSR count). The molecule has 0 aromatic carbocycles. The van der Waals surface area contributed by atoms with Crippen LogP contribution in [-0.2, 0) is 9.47 Å². The number of rotatable bonds is 2. The van der Waals surface area contributed by atoms with Gasteiger partial charge in [-0.05, 0) is 20.3 Å². The van der Waals surface area contributed by atoms with Gasteiger partial charge in [-0.2, -0.15) is 0 Å². The summed E-state index contributed by atoms with van der Waals surface area (Å²) in [6.45, 7) is 8.70. The van der Waals surface area contributed by atoms with Gasteiger partial charge in [0.05, 0.1) is 12.7 Å². The van der Waals surface area contributed by atoms with Crippen molar-refractivity contribution in [1.82, 2.24) is 0 Å². The van der Waals surface area contributed by atoms with Crippen molar-refractivity contribution in [3.05, 3.63) is 12.2 Å². The Bertz CT molecular complexity index is 142. The summed E-state index contributed by atoms with van der Waals surface area (Å²) in [5.74, 6) is 0. The van der Waals surface area contributed by atoms with Gasteiger partial charge < -0.3 is 9.47 Å². The minimum Gasteiger partial charge on any atom is -0.352 e. The second-order valence-electron chi connectivity index (χ2n) is 3.20. The molecule has 0 radical (unpaired) electrons. The van der Waals surface area contributed by atoms with Crippen LogP contribution >= 0.6 is 0 Å². The molecular weight excluding hydrogens is 140 g/mol. The zero-order valence-electron chi connectivity index (χ0n) is 7.30. The Labute approximate surface area is 68.2 Å². The standard InChI is InChI=1S/C9H16O2/c1-7(2)6-9-10-5-4-8(3)11-9/h8-9H,1,4-6H2,2-3H3. The normalized spacial score (nSPS) is 31.8. The summed E-state index contributed by atoms with van der Waals surface area (Å²) >= 11 is 0. The van der Waals surface area contributed by atoms with Crippen LogP contribution in [0, 0.1) is 0 Å². The van der Waals surface area contributed by atoms with Crippen molar-refractivity contribution in [3.8, 4) is 0 Å². The van der Waals surface area contributed by atoms with E-state index in [9.17, 15) is 0 Å². The van der Waals surface area contributed by atoms with Crippen molar-refractivity contribution in [2.75, 3.05) is 6.61 Å². The molecule has 1 saturated heterocycles. The van der Waals surface area contributed by atoms with Crippen LogP contribution in [0.15, 0.2) is 12.2 Å². The molecule has 2 unspecified atom stereocenters. The Kier molecular flexibility index (Phi) is 3.09. The van der Waals surface area contributed by atoms with Gasteiger partial charge >= 0.3 is 0 Å². The molecule has 0 spiro atoms. The SMILES string of the molecule is C=C(C)CC1OCCC(C)O1. The summed E-state index contributed by atoms with van der Waals surface area (Å²) < 4.78 is 10.9. The van der Waals surface area contributed by atoms with E-state index in [1.54, 1.807) is 0 Å². The zero-order valence-corrected chi connectivity index (χ0v) is 7.30. The summed E-state index contributed by atoms with van der Waals surface area (Å²) in [7, 11) is 0. The lowest BCUT2D eigenvalue weighted by molar-refractivity contribution is -0.205. The fourth-order valence-corrected chi connectivity index (χ4v) is 1.12. The average molecular weight is 156 g/mol. The topological polar surface area (TPSA) is 18.5 Å². The minimum absolute atomic E-state index is 0.0451. The van der Waals surface area contributed by atoms with E-state index in [2.05, 4.69) is 13.5 Å². The highest BCUT2D eigenvalue weighted by Crippen LogP contribution is 2.16. The lowest BCUT2D eigenvalue weighted by Gasteiger charge is -2.28. The third kappa shape index (κ3) is 3.04. The molecule has 1 fully saturated rings. The summed E-state index contributed by atoms with van der Waals surface area (Å²) in [6.07, 6.45) is 2.13. The predicted molar refractivity (Wildman–Crippen MR) is 44.3 cm³/mol. The van der Waals surface area contributed by atoms with Crippen molar-refractivity contribution >= 4 is 0 Å². The molecule has 0 N–H and O–H groups in total. The van der Waals surface area contributed by atoms with E-state index in [4.69, 9.17) is 9.47 Å². The fourth-order valence-electron chi connectivity index (χ4n) is 1.12. The van der Waals surface area contributed by atoms with Crippen LogP contribution in [0.4, 0.5) is 0 Å². The quantitative estimate of drug-likeness (QED) is 0.570. The van der Waals surface area contributed by atoms with Crippen LogP contribution in [0.5, 0.6) is 0 Å². The van der Waals surface area contributed by atoms with E-state index in [-0.39, 0.29) is 6.29 Å². The van der Waals surface area contributed by atoms with Crippen LogP contribution in [0.1, 0.15) is 26.7 Å². The van der Waals surface area contributed by atoms with Gasteiger partial charge in [0, 0.05) is 6.42 Å². The molecule has 1 heterocycles. The van der Waals surface area contributed by atoms with Gasteiger partial charge in [0.1, 0.15) is 0 Å². The van der Waals surface area contributed by atoms with Gasteiger partial charge in [-0.15, -0.1) is 0 Å². The van der Waals surface area contributed by atoms with E-state index >= 15 is 0 Å². The molecule has 2 heteroatoms. The maximum atomic E-state index is 5.51. The first kappa shape index (κ1) is 8.75. The first-order valence-corrected chi connectivity index (χ1v) is 4.10. The molecule has 0 amide bonds. The highest BCUT2D eigenvalue weighted by Gasteiger charge is 2.18. The lowest BCUT2D eigenvalue weighted by atomic mass is 10.2. The molecular formula is C9H16O2. The molecule has 1 aliphatic rings. The first-order chi connectivity index (χ1) is 5.18. The molecule has 0 aromatic rings. The molecule has 64 valence electrons. The number of hydrogen-bond donors (Lipinski definition) is 0. The van der Waals surface area contributed by atoms with Gasteiger partial charge in [0.2, 0.25) is 0 Å². The van der Waals surface area contributed by atoms with Gasteiger partial charge in [0.25, 0.3) is 0 Å². The second kappa shape index (κ2) is 3.88. The Morgan fingerprint density at radius 1 is 1.64 bits per heavy atom.